The van der Waals surface area contributed by atoms with Gasteiger partial charge in [0.15, 0.2) is 0 Å². The van der Waals surface area contributed by atoms with Crippen LogP contribution in [0.4, 0.5) is 5.82 Å². The van der Waals surface area contributed by atoms with Gasteiger partial charge in [-0.25, -0.2) is 9.50 Å². The Bertz CT molecular complexity index is 1340. The lowest BCUT2D eigenvalue weighted by Gasteiger charge is -2.28. The van der Waals surface area contributed by atoms with Crippen molar-refractivity contribution in [1.29, 1.82) is 5.26 Å². The van der Waals surface area contributed by atoms with Gasteiger partial charge >= 0.3 is 0 Å². The molecule has 0 atom stereocenters. The van der Waals surface area contributed by atoms with Crippen molar-refractivity contribution in [3.63, 3.8) is 0 Å². The van der Waals surface area contributed by atoms with Crippen molar-refractivity contribution >= 4 is 11.3 Å². The number of hydrogen-bond acceptors (Lipinski definition) is 6. The van der Waals surface area contributed by atoms with Crippen molar-refractivity contribution < 1.29 is 0 Å². The van der Waals surface area contributed by atoms with Crippen LogP contribution in [0.25, 0.3) is 27.8 Å². The predicted molar refractivity (Wildman–Crippen MR) is 129 cm³/mol. The molecule has 1 aliphatic heterocycles. The zero-order valence-corrected chi connectivity index (χ0v) is 19.5. The van der Waals surface area contributed by atoms with E-state index in [1.165, 1.54) is 0 Å². The molecule has 4 aromatic heterocycles. The van der Waals surface area contributed by atoms with Crippen LogP contribution < -0.4 is 10.2 Å². The number of hydrogen-bond donors (Lipinski definition) is 1. The first kappa shape index (κ1) is 21.2. The third kappa shape index (κ3) is 3.85. The van der Waals surface area contributed by atoms with Gasteiger partial charge in [0.1, 0.15) is 11.9 Å². The van der Waals surface area contributed by atoms with Crippen LogP contribution in [-0.2, 0) is 5.54 Å². The molecule has 0 aromatic carbocycles. The topological polar surface area (TPSA) is 87.1 Å². The molecule has 0 spiro atoms. The molecule has 8 nitrogen and oxygen atoms in total. The quantitative estimate of drug-likeness (QED) is 0.524. The van der Waals surface area contributed by atoms with Crippen LogP contribution in [-0.4, -0.2) is 50.6 Å². The van der Waals surface area contributed by atoms with Gasteiger partial charge in [0.25, 0.3) is 0 Å². The number of piperazine rings is 1. The van der Waals surface area contributed by atoms with Crippen molar-refractivity contribution in [3.8, 4) is 28.3 Å². The molecule has 5 heterocycles. The molecular weight excluding hydrogens is 412 g/mol. The normalized spacial score (nSPS) is 14.6. The van der Waals surface area contributed by atoms with Gasteiger partial charge in [-0.2, -0.15) is 15.5 Å². The van der Waals surface area contributed by atoms with E-state index in [9.17, 15) is 5.26 Å². The first-order valence-corrected chi connectivity index (χ1v) is 11.3. The van der Waals surface area contributed by atoms with Crippen molar-refractivity contribution in [3.05, 3.63) is 54.2 Å². The molecule has 8 heteroatoms. The number of rotatable bonds is 3. The second kappa shape index (κ2) is 8.01. The van der Waals surface area contributed by atoms with Gasteiger partial charge in [0.05, 0.1) is 28.5 Å². The molecule has 0 saturated carbocycles. The first-order valence-electron chi connectivity index (χ1n) is 11.3. The van der Waals surface area contributed by atoms with Gasteiger partial charge in [-0.3, -0.25) is 4.68 Å². The molecular formula is C25H28N8. The zero-order valence-electron chi connectivity index (χ0n) is 19.5. The molecule has 0 unspecified atom stereocenters. The average molecular weight is 441 g/mol. The fraction of sp³-hybridized carbons (Fsp3) is 0.360. The molecule has 1 saturated heterocycles. The SMILES string of the molecule is Cc1nn(C(C)(C)C)cc1-c1cc(-c2ccc(N3CCNCC3)nc2)c2c(C#N)cnn2c1. The molecule has 0 radical (unpaired) electrons. The highest BCUT2D eigenvalue weighted by Crippen LogP contribution is 2.34. The van der Waals surface area contributed by atoms with E-state index in [-0.39, 0.29) is 5.54 Å². The van der Waals surface area contributed by atoms with E-state index in [1.54, 1.807) is 10.7 Å². The fourth-order valence-electron chi connectivity index (χ4n) is 4.28. The molecule has 4 aromatic rings. The summed E-state index contributed by atoms with van der Waals surface area (Å²) in [5.74, 6) is 0.976. The third-order valence-corrected chi connectivity index (χ3v) is 6.13. The molecule has 0 aliphatic carbocycles. The Kier molecular flexibility index (Phi) is 5.14. The summed E-state index contributed by atoms with van der Waals surface area (Å²) in [4.78, 5) is 7.04. The van der Waals surface area contributed by atoms with Crippen molar-refractivity contribution in [2.75, 3.05) is 31.1 Å². The Hall–Kier alpha value is -3.70. The molecule has 33 heavy (non-hydrogen) atoms. The van der Waals surface area contributed by atoms with Crippen LogP contribution in [0, 0.1) is 18.3 Å². The van der Waals surface area contributed by atoms with E-state index in [4.69, 9.17) is 10.1 Å². The largest absolute Gasteiger partial charge is 0.354 e. The number of anilines is 1. The number of nitrogens with one attached hydrogen (secondary N) is 1. The third-order valence-electron chi connectivity index (χ3n) is 6.13. The molecule has 5 rings (SSSR count). The average Bonchev–Trinajstić information content (AvgIpc) is 3.42. The van der Waals surface area contributed by atoms with Crippen molar-refractivity contribution in [1.82, 2.24) is 29.7 Å². The lowest BCUT2D eigenvalue weighted by molar-refractivity contribution is 0.354. The number of pyridine rings is 2. The standard InChI is InChI=1S/C25H28N8/c1-17-22(16-33(30-17)25(2,3)4)19-11-21(24-20(12-26)14-29-32(24)15-19)18-5-6-23(28-13-18)31-9-7-27-8-10-31/h5-6,11,13-16,27H,7-10H2,1-4H3. The molecule has 168 valence electrons. The number of nitriles is 1. The summed E-state index contributed by atoms with van der Waals surface area (Å²) in [5.41, 5.74) is 6.12. The van der Waals surface area contributed by atoms with Gasteiger partial charge < -0.3 is 10.2 Å². The van der Waals surface area contributed by atoms with E-state index in [0.717, 1.165) is 65.5 Å². The highest BCUT2D eigenvalue weighted by molar-refractivity contribution is 5.87. The summed E-state index contributed by atoms with van der Waals surface area (Å²) in [6, 6.07) is 8.55. The van der Waals surface area contributed by atoms with E-state index in [2.05, 4.69) is 66.6 Å². The van der Waals surface area contributed by atoms with Gasteiger partial charge in [0.2, 0.25) is 0 Å². The summed E-state index contributed by atoms with van der Waals surface area (Å²) in [6.45, 7) is 12.3. The van der Waals surface area contributed by atoms with Crippen molar-refractivity contribution in [2.45, 2.75) is 33.2 Å². The van der Waals surface area contributed by atoms with Gasteiger partial charge in [-0.1, -0.05) is 0 Å². The Balaban J connectivity index is 1.63. The predicted octanol–water partition coefficient (Wildman–Crippen LogP) is 3.60. The minimum Gasteiger partial charge on any atom is -0.354 e. The molecule has 1 N–H and O–H groups in total. The van der Waals surface area contributed by atoms with Gasteiger partial charge in [-0.15, -0.1) is 0 Å². The maximum absolute atomic E-state index is 9.69. The number of aryl methyl sites for hydroxylation is 1. The minimum atomic E-state index is -0.112. The van der Waals surface area contributed by atoms with Crippen LogP contribution in [0.1, 0.15) is 32.0 Å². The highest BCUT2D eigenvalue weighted by atomic mass is 15.3. The maximum atomic E-state index is 9.69. The van der Waals surface area contributed by atoms with Crippen LogP contribution in [0.5, 0.6) is 0 Å². The second-order valence-corrected chi connectivity index (χ2v) is 9.49. The first-order chi connectivity index (χ1) is 15.8. The van der Waals surface area contributed by atoms with Crippen LogP contribution in [0.2, 0.25) is 0 Å². The highest BCUT2D eigenvalue weighted by Gasteiger charge is 2.20. The lowest BCUT2D eigenvalue weighted by Crippen LogP contribution is -2.43. The summed E-state index contributed by atoms with van der Waals surface area (Å²) in [6.07, 6.45) is 7.58. The summed E-state index contributed by atoms with van der Waals surface area (Å²) >= 11 is 0. The molecule has 1 aliphatic rings. The van der Waals surface area contributed by atoms with Crippen molar-refractivity contribution in [2.24, 2.45) is 0 Å². The summed E-state index contributed by atoms with van der Waals surface area (Å²) in [5, 5.41) is 22.3. The van der Waals surface area contributed by atoms with Crippen LogP contribution in [0.3, 0.4) is 0 Å². The Morgan fingerprint density at radius 3 is 2.45 bits per heavy atom. The fourth-order valence-corrected chi connectivity index (χ4v) is 4.28. The van der Waals surface area contributed by atoms with E-state index in [0.29, 0.717) is 5.56 Å². The Labute approximate surface area is 193 Å². The van der Waals surface area contributed by atoms with Crippen LogP contribution >= 0.6 is 0 Å². The van der Waals surface area contributed by atoms with Gasteiger partial charge in [-0.05, 0) is 45.9 Å². The van der Waals surface area contributed by atoms with E-state index in [1.807, 2.05) is 24.0 Å². The minimum absolute atomic E-state index is 0.112. The smallest absolute Gasteiger partial charge is 0.128 e. The molecule has 0 amide bonds. The number of nitrogens with zero attached hydrogens (tertiary/aromatic N) is 7. The number of aromatic nitrogens is 5. The Morgan fingerprint density at radius 2 is 1.82 bits per heavy atom. The second-order valence-electron chi connectivity index (χ2n) is 9.49. The molecule has 1 fully saturated rings. The van der Waals surface area contributed by atoms with E-state index < -0.39 is 0 Å². The van der Waals surface area contributed by atoms with Crippen LogP contribution in [0.15, 0.2) is 43.0 Å². The monoisotopic (exact) mass is 440 g/mol. The lowest BCUT2D eigenvalue weighted by atomic mass is 10.00. The zero-order chi connectivity index (χ0) is 23.2. The number of fused-ring (bicyclic) bond motifs is 1. The summed E-state index contributed by atoms with van der Waals surface area (Å²) < 4.78 is 3.79. The van der Waals surface area contributed by atoms with Gasteiger partial charge in [0, 0.05) is 67.0 Å². The van der Waals surface area contributed by atoms with E-state index >= 15 is 0 Å². The molecule has 0 bridgehead atoms. The Morgan fingerprint density at radius 1 is 1.03 bits per heavy atom. The summed E-state index contributed by atoms with van der Waals surface area (Å²) in [7, 11) is 0. The maximum Gasteiger partial charge on any atom is 0.128 e.